The second-order valence-electron chi connectivity index (χ2n) is 4.69. The molecule has 2 aromatic rings. The number of carbonyl (C=O) groups excluding carboxylic acids is 1. The number of nitrogens with two attached hydrogens (primary N) is 1. The Bertz CT molecular complexity index is 770. The van der Waals surface area contributed by atoms with Gasteiger partial charge in [-0.25, -0.2) is 8.42 Å². The van der Waals surface area contributed by atoms with Crippen LogP contribution in [0.25, 0.3) is 0 Å². The molecule has 110 valence electrons. The van der Waals surface area contributed by atoms with Gasteiger partial charge in [0.15, 0.2) is 9.84 Å². The quantitative estimate of drug-likeness (QED) is 0.881. The van der Waals surface area contributed by atoms with Crippen LogP contribution in [-0.2, 0) is 16.4 Å². The van der Waals surface area contributed by atoms with Crippen molar-refractivity contribution in [2.24, 2.45) is 5.73 Å². The van der Waals surface area contributed by atoms with Crippen molar-refractivity contribution in [3.63, 3.8) is 0 Å². The first-order valence-corrected chi connectivity index (χ1v) is 8.19. The van der Waals surface area contributed by atoms with Crippen LogP contribution in [-0.4, -0.2) is 20.6 Å². The third kappa shape index (κ3) is 3.82. The molecule has 2 rings (SSSR count). The number of amides is 1. The van der Waals surface area contributed by atoms with Gasteiger partial charge in [-0.15, -0.1) is 0 Å². The van der Waals surface area contributed by atoms with Gasteiger partial charge in [0.1, 0.15) is 0 Å². The third-order valence-corrected chi connectivity index (χ3v) is 4.14. The fraction of sp³-hybridized carbons (Fsp3) is 0.133. The molecule has 3 N–H and O–H groups in total. The average molecular weight is 304 g/mol. The maximum Gasteiger partial charge on any atom is 0.248 e. The molecule has 0 radical (unpaired) electrons. The number of anilines is 1. The first kappa shape index (κ1) is 15.1. The summed E-state index contributed by atoms with van der Waals surface area (Å²) in [6, 6.07) is 13.6. The molecule has 0 bridgehead atoms. The Labute approximate surface area is 123 Å². The average Bonchev–Trinajstić information content (AvgIpc) is 2.45. The number of nitrogens with one attached hydrogen (secondary N) is 1. The summed E-state index contributed by atoms with van der Waals surface area (Å²) in [7, 11) is -3.30. The minimum atomic E-state index is -3.30. The summed E-state index contributed by atoms with van der Waals surface area (Å²) in [5, 5.41) is 3.07. The maximum atomic E-state index is 11.7. The summed E-state index contributed by atoms with van der Waals surface area (Å²) in [5.74, 6) is -0.492. The Balaban J connectivity index is 2.21. The molecule has 0 heterocycles. The molecule has 21 heavy (non-hydrogen) atoms. The summed E-state index contributed by atoms with van der Waals surface area (Å²) in [6.07, 6.45) is 1.17. The minimum absolute atomic E-state index is 0.246. The Morgan fingerprint density at radius 1 is 1.14 bits per heavy atom. The number of benzene rings is 2. The SMILES string of the molecule is CS(=O)(=O)c1ccccc1NCc1cccc(C(N)=O)c1. The lowest BCUT2D eigenvalue weighted by Crippen LogP contribution is -2.12. The van der Waals surface area contributed by atoms with Crippen LogP contribution in [0.15, 0.2) is 53.4 Å². The van der Waals surface area contributed by atoms with E-state index in [1.807, 2.05) is 6.07 Å². The third-order valence-electron chi connectivity index (χ3n) is 2.98. The molecular weight excluding hydrogens is 288 g/mol. The van der Waals surface area contributed by atoms with Crippen LogP contribution in [0.5, 0.6) is 0 Å². The molecule has 0 aliphatic carbocycles. The largest absolute Gasteiger partial charge is 0.380 e. The number of hydrogen-bond acceptors (Lipinski definition) is 4. The summed E-state index contributed by atoms with van der Waals surface area (Å²) < 4.78 is 23.4. The maximum absolute atomic E-state index is 11.7. The highest BCUT2D eigenvalue weighted by atomic mass is 32.2. The van der Waals surface area contributed by atoms with E-state index >= 15 is 0 Å². The molecule has 0 unspecified atom stereocenters. The van der Waals surface area contributed by atoms with E-state index in [0.717, 1.165) is 5.56 Å². The smallest absolute Gasteiger partial charge is 0.248 e. The summed E-state index contributed by atoms with van der Waals surface area (Å²) in [5.41, 5.74) is 7.03. The highest BCUT2D eigenvalue weighted by Crippen LogP contribution is 2.21. The number of rotatable bonds is 5. The number of carbonyl (C=O) groups is 1. The normalized spacial score (nSPS) is 11.1. The van der Waals surface area contributed by atoms with Crippen LogP contribution in [0.2, 0.25) is 0 Å². The van der Waals surface area contributed by atoms with Gasteiger partial charge in [-0.3, -0.25) is 4.79 Å². The van der Waals surface area contributed by atoms with Crippen molar-refractivity contribution in [2.75, 3.05) is 11.6 Å². The molecular formula is C15H16N2O3S. The summed E-state index contributed by atoms with van der Waals surface area (Å²) >= 11 is 0. The molecule has 1 amide bonds. The summed E-state index contributed by atoms with van der Waals surface area (Å²) in [4.78, 5) is 11.4. The first-order chi connectivity index (χ1) is 9.88. The van der Waals surface area contributed by atoms with E-state index in [1.54, 1.807) is 42.5 Å². The molecule has 0 atom stereocenters. The standard InChI is InChI=1S/C15H16N2O3S/c1-21(19,20)14-8-3-2-7-13(14)17-10-11-5-4-6-12(9-11)15(16)18/h2-9,17H,10H2,1H3,(H2,16,18). The Kier molecular flexibility index (Phi) is 4.28. The monoisotopic (exact) mass is 304 g/mol. The van der Waals surface area contributed by atoms with Crippen LogP contribution in [0.4, 0.5) is 5.69 Å². The number of sulfone groups is 1. The van der Waals surface area contributed by atoms with Crippen molar-refractivity contribution in [1.82, 2.24) is 0 Å². The van der Waals surface area contributed by atoms with Crippen molar-refractivity contribution in [2.45, 2.75) is 11.4 Å². The zero-order chi connectivity index (χ0) is 15.5. The molecule has 6 heteroatoms. The predicted molar refractivity (Wildman–Crippen MR) is 81.8 cm³/mol. The topological polar surface area (TPSA) is 89.3 Å². The van der Waals surface area contributed by atoms with Gasteiger partial charge in [-0.2, -0.15) is 0 Å². The lowest BCUT2D eigenvalue weighted by molar-refractivity contribution is 0.1000. The summed E-state index contributed by atoms with van der Waals surface area (Å²) in [6.45, 7) is 0.396. The molecule has 2 aromatic carbocycles. The van der Waals surface area contributed by atoms with Gasteiger partial charge in [0.2, 0.25) is 5.91 Å². The van der Waals surface area contributed by atoms with Crippen LogP contribution in [0.3, 0.4) is 0 Å². The highest BCUT2D eigenvalue weighted by molar-refractivity contribution is 7.90. The first-order valence-electron chi connectivity index (χ1n) is 6.29. The van der Waals surface area contributed by atoms with Crippen LogP contribution < -0.4 is 11.1 Å². The molecule has 0 fully saturated rings. The molecule has 5 nitrogen and oxygen atoms in total. The molecule has 0 aliphatic heterocycles. The van der Waals surface area contributed by atoms with E-state index in [2.05, 4.69) is 5.32 Å². The zero-order valence-corrected chi connectivity index (χ0v) is 12.4. The van der Waals surface area contributed by atoms with Crippen molar-refractivity contribution in [3.8, 4) is 0 Å². The highest BCUT2D eigenvalue weighted by Gasteiger charge is 2.12. The number of primary amides is 1. The fourth-order valence-corrected chi connectivity index (χ4v) is 2.83. The van der Waals surface area contributed by atoms with E-state index in [4.69, 9.17) is 5.73 Å². The van der Waals surface area contributed by atoms with Gasteiger partial charge in [-0.05, 0) is 29.8 Å². The number of para-hydroxylation sites is 1. The van der Waals surface area contributed by atoms with E-state index < -0.39 is 15.7 Å². The van der Waals surface area contributed by atoms with Gasteiger partial charge < -0.3 is 11.1 Å². The van der Waals surface area contributed by atoms with Crippen molar-refractivity contribution in [1.29, 1.82) is 0 Å². The molecule has 0 saturated heterocycles. The van der Waals surface area contributed by atoms with Gasteiger partial charge in [0.25, 0.3) is 0 Å². The van der Waals surface area contributed by atoms with Gasteiger partial charge in [0.05, 0.1) is 10.6 Å². The van der Waals surface area contributed by atoms with Gasteiger partial charge in [-0.1, -0.05) is 24.3 Å². The molecule has 0 saturated carbocycles. The fourth-order valence-electron chi connectivity index (χ4n) is 1.97. The van der Waals surface area contributed by atoms with Gasteiger partial charge >= 0.3 is 0 Å². The van der Waals surface area contributed by atoms with Crippen molar-refractivity contribution < 1.29 is 13.2 Å². The zero-order valence-electron chi connectivity index (χ0n) is 11.5. The Hall–Kier alpha value is -2.34. The van der Waals surface area contributed by atoms with E-state index in [0.29, 0.717) is 17.8 Å². The Morgan fingerprint density at radius 2 is 1.86 bits per heavy atom. The second kappa shape index (κ2) is 5.97. The molecule has 0 aromatic heterocycles. The van der Waals surface area contributed by atoms with Crippen molar-refractivity contribution in [3.05, 3.63) is 59.7 Å². The lowest BCUT2D eigenvalue weighted by atomic mass is 10.1. The van der Waals surface area contributed by atoms with E-state index in [1.165, 1.54) is 6.26 Å². The van der Waals surface area contributed by atoms with Gasteiger partial charge in [0, 0.05) is 18.4 Å². The predicted octanol–water partition coefficient (Wildman–Crippen LogP) is 1.80. The molecule has 0 aliphatic rings. The number of hydrogen-bond donors (Lipinski definition) is 2. The molecule has 0 spiro atoms. The van der Waals surface area contributed by atoms with E-state index in [-0.39, 0.29) is 4.90 Å². The van der Waals surface area contributed by atoms with Crippen molar-refractivity contribution >= 4 is 21.4 Å². The van der Waals surface area contributed by atoms with Crippen LogP contribution >= 0.6 is 0 Å². The minimum Gasteiger partial charge on any atom is -0.380 e. The Morgan fingerprint density at radius 3 is 2.52 bits per heavy atom. The second-order valence-corrected chi connectivity index (χ2v) is 6.67. The van der Waals surface area contributed by atoms with Crippen LogP contribution in [0.1, 0.15) is 15.9 Å². The lowest BCUT2D eigenvalue weighted by Gasteiger charge is -2.11. The van der Waals surface area contributed by atoms with E-state index in [9.17, 15) is 13.2 Å². The van der Waals surface area contributed by atoms with Crippen LogP contribution in [0, 0.1) is 0 Å².